The first kappa shape index (κ1) is 12.0. The molecule has 2 rings (SSSR count). The van der Waals surface area contributed by atoms with E-state index in [-0.39, 0.29) is 22.1 Å². The quantitative estimate of drug-likeness (QED) is 0.581. The Hall–Kier alpha value is -2.48. The highest BCUT2D eigenvalue weighted by molar-refractivity contribution is 7.80. The molecular weight excluding hydrogens is 254 g/mol. The fourth-order valence-electron chi connectivity index (χ4n) is 1.33. The molecule has 0 radical (unpaired) electrons. The molecular formula is C10H9N5O2S. The number of aromatic nitrogens is 3. The molecule has 0 saturated carbocycles. The van der Waals surface area contributed by atoms with E-state index in [0.717, 1.165) is 0 Å². The number of nitrogens with zero attached hydrogens (tertiary/aromatic N) is 1. The molecule has 8 heteroatoms. The fourth-order valence-corrected chi connectivity index (χ4v) is 1.48. The van der Waals surface area contributed by atoms with Gasteiger partial charge < -0.3 is 16.0 Å². The van der Waals surface area contributed by atoms with E-state index in [1.807, 2.05) is 0 Å². The van der Waals surface area contributed by atoms with Crippen LogP contribution in [-0.2, 0) is 0 Å². The number of nitrogens with one attached hydrogen (secondary N) is 3. The maximum absolute atomic E-state index is 11.8. The van der Waals surface area contributed by atoms with E-state index in [0.29, 0.717) is 5.56 Å². The van der Waals surface area contributed by atoms with Crippen LogP contribution in [0.4, 0.5) is 5.82 Å². The van der Waals surface area contributed by atoms with Gasteiger partial charge in [-0.05, 0) is 6.07 Å². The van der Waals surface area contributed by atoms with Crippen LogP contribution in [0.3, 0.4) is 0 Å². The summed E-state index contributed by atoms with van der Waals surface area (Å²) in [6.07, 6.45) is 1.41. The maximum Gasteiger partial charge on any atom is 0.273 e. The van der Waals surface area contributed by atoms with Crippen molar-refractivity contribution in [3.05, 3.63) is 46.0 Å². The molecule has 0 bridgehead atoms. The van der Waals surface area contributed by atoms with Crippen LogP contribution in [0.15, 0.2) is 29.2 Å². The summed E-state index contributed by atoms with van der Waals surface area (Å²) in [6.45, 7) is 0. The van der Waals surface area contributed by atoms with Gasteiger partial charge in [-0.15, -0.1) is 0 Å². The highest BCUT2D eigenvalue weighted by Gasteiger charge is 2.12. The smallest absolute Gasteiger partial charge is 0.273 e. The third-order valence-corrected chi connectivity index (χ3v) is 2.38. The lowest BCUT2D eigenvalue weighted by molar-refractivity contribution is 0.102. The highest BCUT2D eigenvalue weighted by atomic mass is 32.1. The molecule has 92 valence electrons. The zero-order valence-corrected chi connectivity index (χ0v) is 9.88. The molecule has 0 aliphatic carbocycles. The van der Waals surface area contributed by atoms with E-state index in [9.17, 15) is 9.59 Å². The summed E-state index contributed by atoms with van der Waals surface area (Å²) in [4.78, 5) is 25.4. The number of hydrogen-bond donors (Lipinski definition) is 4. The van der Waals surface area contributed by atoms with E-state index >= 15 is 0 Å². The first-order valence-corrected chi connectivity index (χ1v) is 5.32. The Morgan fingerprint density at radius 2 is 2.22 bits per heavy atom. The molecule has 0 saturated heterocycles. The third-order valence-electron chi connectivity index (χ3n) is 2.16. The van der Waals surface area contributed by atoms with Crippen molar-refractivity contribution in [1.82, 2.24) is 15.2 Å². The molecule has 0 fully saturated rings. The highest BCUT2D eigenvalue weighted by Crippen LogP contribution is 2.11. The van der Waals surface area contributed by atoms with Crippen molar-refractivity contribution in [2.24, 2.45) is 5.73 Å². The molecule has 5 N–H and O–H groups in total. The summed E-state index contributed by atoms with van der Waals surface area (Å²) in [5.41, 5.74) is 5.66. The lowest BCUT2D eigenvalue weighted by Gasteiger charge is -2.04. The number of nitrogens with two attached hydrogens (primary N) is 1. The van der Waals surface area contributed by atoms with E-state index in [4.69, 9.17) is 18.0 Å². The minimum absolute atomic E-state index is 0.112. The Morgan fingerprint density at radius 3 is 2.89 bits per heavy atom. The molecule has 2 heterocycles. The summed E-state index contributed by atoms with van der Waals surface area (Å²) < 4.78 is 0. The van der Waals surface area contributed by atoms with E-state index in [2.05, 4.69) is 20.5 Å². The summed E-state index contributed by atoms with van der Waals surface area (Å²) in [6, 6.07) is 4.27. The number of carbonyl (C=O) groups is 1. The molecule has 1 amide bonds. The van der Waals surface area contributed by atoms with Crippen LogP contribution < -0.4 is 16.6 Å². The number of hydrogen-bond acceptors (Lipinski definition) is 4. The molecule has 0 atom stereocenters. The Labute approximate surface area is 106 Å². The van der Waals surface area contributed by atoms with Crippen LogP contribution in [0.25, 0.3) is 0 Å². The minimum Gasteiger partial charge on any atom is -0.389 e. The summed E-state index contributed by atoms with van der Waals surface area (Å²) >= 11 is 4.80. The second-order valence-electron chi connectivity index (χ2n) is 3.41. The van der Waals surface area contributed by atoms with Crippen molar-refractivity contribution in [3.63, 3.8) is 0 Å². The van der Waals surface area contributed by atoms with Gasteiger partial charge in [-0.3, -0.25) is 14.7 Å². The number of pyridine rings is 1. The Bertz CT molecular complexity index is 660. The van der Waals surface area contributed by atoms with Gasteiger partial charge in [-0.2, -0.15) is 5.10 Å². The summed E-state index contributed by atoms with van der Waals surface area (Å²) in [5, 5.41) is 8.81. The molecule has 0 aliphatic rings. The second kappa shape index (κ2) is 4.80. The predicted octanol–water partition coefficient (Wildman–Crippen LogP) is -0.0155. The van der Waals surface area contributed by atoms with Crippen LogP contribution >= 0.6 is 12.2 Å². The van der Waals surface area contributed by atoms with Gasteiger partial charge >= 0.3 is 0 Å². The van der Waals surface area contributed by atoms with E-state index in [1.54, 1.807) is 0 Å². The van der Waals surface area contributed by atoms with Crippen molar-refractivity contribution in [2.75, 3.05) is 5.32 Å². The number of anilines is 1. The molecule has 0 unspecified atom stereocenters. The van der Waals surface area contributed by atoms with Gasteiger partial charge in [0.15, 0.2) is 0 Å². The minimum atomic E-state index is -0.491. The number of thiocarbonyl (C=S) groups is 1. The van der Waals surface area contributed by atoms with E-state index in [1.165, 1.54) is 24.4 Å². The van der Waals surface area contributed by atoms with Crippen LogP contribution in [0, 0.1) is 0 Å². The van der Waals surface area contributed by atoms with Gasteiger partial charge in [0.1, 0.15) is 16.5 Å². The van der Waals surface area contributed by atoms with Crippen molar-refractivity contribution in [1.29, 1.82) is 0 Å². The van der Waals surface area contributed by atoms with Crippen molar-refractivity contribution in [3.8, 4) is 0 Å². The number of aromatic amines is 2. The average Bonchev–Trinajstić information content (AvgIpc) is 2.77. The number of H-pyrrole nitrogens is 2. The molecule has 2 aromatic heterocycles. The molecule has 0 spiro atoms. The molecule has 7 nitrogen and oxygen atoms in total. The van der Waals surface area contributed by atoms with Crippen LogP contribution in [0.5, 0.6) is 0 Å². The average molecular weight is 263 g/mol. The standard InChI is InChI=1S/C10H9N5O2S/c11-8(18)5-4-12-15-9(5)14-10(17)6-2-1-3-7(16)13-6/h1-4H,(H2,11,18)(H,13,16)(H2,12,14,15,17). The zero-order valence-electron chi connectivity index (χ0n) is 9.06. The molecule has 2 aromatic rings. The Balaban J connectivity index is 2.24. The van der Waals surface area contributed by atoms with Crippen molar-refractivity contribution >= 4 is 28.9 Å². The SMILES string of the molecule is NC(=S)c1cn[nH]c1NC(=O)c1cccc(=O)[nH]1. The van der Waals surface area contributed by atoms with Gasteiger partial charge in [0.25, 0.3) is 5.91 Å². The van der Waals surface area contributed by atoms with E-state index < -0.39 is 5.91 Å². The molecule has 0 aromatic carbocycles. The number of rotatable bonds is 3. The van der Waals surface area contributed by atoms with Crippen LogP contribution in [0.2, 0.25) is 0 Å². The van der Waals surface area contributed by atoms with Gasteiger partial charge in [0.2, 0.25) is 5.56 Å². The third kappa shape index (κ3) is 2.43. The van der Waals surface area contributed by atoms with Gasteiger partial charge in [0.05, 0.1) is 11.8 Å². The topological polar surface area (TPSA) is 117 Å². The Kier molecular flexibility index (Phi) is 3.20. The monoisotopic (exact) mass is 263 g/mol. The second-order valence-corrected chi connectivity index (χ2v) is 3.85. The number of carbonyl (C=O) groups excluding carboxylic acids is 1. The summed E-state index contributed by atoms with van der Waals surface area (Å²) in [7, 11) is 0. The van der Waals surface area contributed by atoms with Gasteiger partial charge in [0, 0.05) is 6.07 Å². The maximum atomic E-state index is 11.8. The van der Waals surface area contributed by atoms with Crippen molar-refractivity contribution in [2.45, 2.75) is 0 Å². The first-order valence-electron chi connectivity index (χ1n) is 4.92. The summed E-state index contributed by atoms with van der Waals surface area (Å²) in [5.74, 6) is -0.202. The number of amides is 1. The lowest BCUT2D eigenvalue weighted by atomic mass is 10.3. The van der Waals surface area contributed by atoms with Crippen molar-refractivity contribution < 1.29 is 4.79 Å². The van der Waals surface area contributed by atoms with Gasteiger partial charge in [-0.25, -0.2) is 0 Å². The van der Waals surface area contributed by atoms with Gasteiger partial charge in [-0.1, -0.05) is 18.3 Å². The fraction of sp³-hybridized carbons (Fsp3) is 0. The first-order chi connectivity index (χ1) is 8.58. The normalized spacial score (nSPS) is 10.0. The molecule has 18 heavy (non-hydrogen) atoms. The molecule has 0 aliphatic heterocycles. The zero-order chi connectivity index (χ0) is 13.1. The lowest BCUT2D eigenvalue weighted by Crippen LogP contribution is -2.20. The van der Waals surface area contributed by atoms with Crippen LogP contribution in [-0.4, -0.2) is 26.1 Å². The Morgan fingerprint density at radius 1 is 1.44 bits per heavy atom. The van der Waals surface area contributed by atoms with Crippen LogP contribution in [0.1, 0.15) is 16.1 Å². The largest absolute Gasteiger partial charge is 0.389 e. The predicted molar refractivity (Wildman–Crippen MR) is 69.5 cm³/mol.